The highest BCUT2D eigenvalue weighted by Crippen LogP contribution is 2.26. The van der Waals surface area contributed by atoms with Crippen LogP contribution in [0.25, 0.3) is 0 Å². The Morgan fingerprint density at radius 3 is 2.48 bits per heavy atom. The fourth-order valence-corrected chi connectivity index (χ4v) is 4.85. The van der Waals surface area contributed by atoms with Crippen molar-refractivity contribution in [2.24, 2.45) is 5.92 Å². The molecule has 0 bridgehead atoms. The number of hydrogen-bond donors (Lipinski definition) is 2. The highest BCUT2D eigenvalue weighted by molar-refractivity contribution is 7.89. The number of phenols is 1. The van der Waals surface area contributed by atoms with Crippen molar-refractivity contribution in [3.05, 3.63) is 54.1 Å². The summed E-state index contributed by atoms with van der Waals surface area (Å²) in [5.74, 6) is 1.04. The van der Waals surface area contributed by atoms with Crippen LogP contribution in [0.1, 0.15) is 18.4 Å². The number of methoxy groups -OCH3 is 1. The number of hydrogen-bond acceptors (Lipinski definition) is 5. The highest BCUT2D eigenvalue weighted by Gasteiger charge is 2.28. The molecule has 146 valence electrons. The number of nitrogens with zero attached hydrogens (tertiary/aromatic N) is 1. The van der Waals surface area contributed by atoms with Crippen molar-refractivity contribution >= 4 is 10.0 Å². The van der Waals surface area contributed by atoms with E-state index in [9.17, 15) is 13.5 Å². The summed E-state index contributed by atoms with van der Waals surface area (Å²) in [6.45, 7) is 2.58. The van der Waals surface area contributed by atoms with Gasteiger partial charge in [-0.05, 0) is 55.1 Å². The first-order valence-electron chi connectivity index (χ1n) is 9.12. The van der Waals surface area contributed by atoms with E-state index in [0.29, 0.717) is 36.2 Å². The molecule has 2 aromatic carbocycles. The molecule has 0 saturated carbocycles. The second kappa shape index (κ2) is 8.73. The highest BCUT2D eigenvalue weighted by atomic mass is 32.2. The summed E-state index contributed by atoms with van der Waals surface area (Å²) in [6.07, 6.45) is 1.68. The third-order valence-corrected chi connectivity index (χ3v) is 6.87. The topological polar surface area (TPSA) is 78.9 Å². The number of piperidine rings is 1. The summed E-state index contributed by atoms with van der Waals surface area (Å²) >= 11 is 0. The Morgan fingerprint density at radius 2 is 1.85 bits per heavy atom. The van der Waals surface area contributed by atoms with Gasteiger partial charge in [-0.15, -0.1) is 0 Å². The largest absolute Gasteiger partial charge is 0.504 e. The molecule has 7 heteroatoms. The monoisotopic (exact) mass is 390 g/mol. The van der Waals surface area contributed by atoms with Crippen molar-refractivity contribution in [3.8, 4) is 11.5 Å². The summed E-state index contributed by atoms with van der Waals surface area (Å²) in [5.41, 5.74) is 0.984. The number of nitrogens with one attached hydrogen (secondary N) is 1. The van der Waals surface area contributed by atoms with Gasteiger partial charge < -0.3 is 15.2 Å². The number of benzene rings is 2. The third kappa shape index (κ3) is 4.80. The lowest BCUT2D eigenvalue weighted by molar-refractivity contribution is 0.267. The Labute approximate surface area is 160 Å². The predicted molar refractivity (Wildman–Crippen MR) is 104 cm³/mol. The molecule has 0 aliphatic carbocycles. The van der Waals surface area contributed by atoms with Gasteiger partial charge >= 0.3 is 0 Å². The fraction of sp³-hybridized carbons (Fsp3) is 0.400. The number of phenolic OH excluding ortho intramolecular Hbond substituents is 1. The van der Waals surface area contributed by atoms with Gasteiger partial charge in [0.05, 0.1) is 12.0 Å². The lowest BCUT2D eigenvalue weighted by atomic mass is 9.98. The molecular formula is C20H26N2O4S. The van der Waals surface area contributed by atoms with Crippen LogP contribution < -0.4 is 10.1 Å². The maximum Gasteiger partial charge on any atom is 0.243 e. The molecule has 1 aliphatic heterocycles. The van der Waals surface area contributed by atoms with Gasteiger partial charge in [0.15, 0.2) is 11.5 Å². The zero-order valence-corrected chi connectivity index (χ0v) is 16.3. The summed E-state index contributed by atoms with van der Waals surface area (Å²) in [6, 6.07) is 14.0. The van der Waals surface area contributed by atoms with E-state index in [1.807, 2.05) is 12.1 Å². The van der Waals surface area contributed by atoms with Gasteiger partial charge in [0.1, 0.15) is 0 Å². The maximum absolute atomic E-state index is 12.7. The van der Waals surface area contributed by atoms with Crippen molar-refractivity contribution in [1.29, 1.82) is 0 Å². The van der Waals surface area contributed by atoms with E-state index in [1.165, 1.54) is 7.11 Å². The molecule has 0 aromatic heterocycles. The quantitative estimate of drug-likeness (QED) is 0.760. The molecule has 1 aliphatic rings. The van der Waals surface area contributed by atoms with Crippen LogP contribution in [0.15, 0.2) is 53.4 Å². The van der Waals surface area contributed by atoms with Crippen molar-refractivity contribution in [2.45, 2.75) is 24.3 Å². The van der Waals surface area contributed by atoms with E-state index < -0.39 is 10.0 Å². The molecule has 1 fully saturated rings. The van der Waals surface area contributed by atoms with E-state index in [4.69, 9.17) is 4.74 Å². The summed E-state index contributed by atoms with van der Waals surface area (Å²) in [7, 11) is -1.86. The molecule has 27 heavy (non-hydrogen) atoms. The molecule has 6 nitrogen and oxygen atoms in total. The Bertz CT molecular complexity index is 848. The second-order valence-electron chi connectivity index (χ2n) is 6.80. The number of rotatable bonds is 7. The first kappa shape index (κ1) is 19.7. The third-order valence-electron chi connectivity index (χ3n) is 4.96. The Morgan fingerprint density at radius 1 is 1.15 bits per heavy atom. The van der Waals surface area contributed by atoms with Crippen LogP contribution in [-0.2, 0) is 16.6 Å². The molecular weight excluding hydrogens is 364 g/mol. The minimum Gasteiger partial charge on any atom is -0.504 e. The van der Waals surface area contributed by atoms with Gasteiger partial charge in [0.2, 0.25) is 10.0 Å². The minimum absolute atomic E-state index is 0.135. The minimum atomic E-state index is -3.39. The summed E-state index contributed by atoms with van der Waals surface area (Å²) in [5, 5.41) is 13.2. The zero-order valence-electron chi connectivity index (χ0n) is 15.5. The van der Waals surface area contributed by atoms with E-state index in [2.05, 4.69) is 5.32 Å². The SMILES string of the molecule is COc1ccc(CNCC2CCN(S(=O)(=O)c3ccccc3)CC2)cc1O. The molecule has 2 N–H and O–H groups in total. The van der Waals surface area contributed by atoms with Gasteiger partial charge in [0.25, 0.3) is 0 Å². The first-order valence-corrected chi connectivity index (χ1v) is 10.6. The van der Waals surface area contributed by atoms with Crippen LogP contribution in [0.2, 0.25) is 0 Å². The van der Waals surface area contributed by atoms with E-state index in [-0.39, 0.29) is 5.75 Å². The van der Waals surface area contributed by atoms with E-state index in [1.54, 1.807) is 40.7 Å². The van der Waals surface area contributed by atoms with Crippen LogP contribution in [0.5, 0.6) is 11.5 Å². The predicted octanol–water partition coefficient (Wildman–Crippen LogP) is 2.59. The molecule has 0 atom stereocenters. The first-order chi connectivity index (χ1) is 13.0. The van der Waals surface area contributed by atoms with Crippen molar-refractivity contribution in [1.82, 2.24) is 9.62 Å². The molecule has 0 radical (unpaired) electrons. The Balaban J connectivity index is 1.47. The average molecular weight is 391 g/mol. The number of sulfonamides is 1. The van der Waals surface area contributed by atoms with Crippen molar-refractivity contribution in [3.63, 3.8) is 0 Å². The van der Waals surface area contributed by atoms with Gasteiger partial charge in [-0.1, -0.05) is 24.3 Å². The van der Waals surface area contributed by atoms with Crippen LogP contribution in [-0.4, -0.2) is 44.6 Å². The zero-order chi connectivity index (χ0) is 19.3. The van der Waals surface area contributed by atoms with Gasteiger partial charge in [0, 0.05) is 19.6 Å². The van der Waals surface area contributed by atoms with Gasteiger partial charge in [-0.3, -0.25) is 0 Å². The standard InChI is InChI=1S/C20H26N2O4S/c1-26-20-8-7-17(13-19(20)23)15-21-14-16-9-11-22(12-10-16)27(24,25)18-5-3-2-4-6-18/h2-8,13,16,21,23H,9-12,14-15H2,1H3. The Hall–Kier alpha value is -2.09. The molecule has 1 saturated heterocycles. The average Bonchev–Trinajstić information content (AvgIpc) is 2.69. The van der Waals surface area contributed by atoms with Crippen LogP contribution in [0.4, 0.5) is 0 Å². The van der Waals surface area contributed by atoms with Crippen LogP contribution in [0, 0.1) is 5.92 Å². The van der Waals surface area contributed by atoms with Crippen LogP contribution >= 0.6 is 0 Å². The smallest absolute Gasteiger partial charge is 0.243 e. The molecule has 0 amide bonds. The summed E-state index contributed by atoms with van der Waals surface area (Å²) in [4.78, 5) is 0.362. The normalized spacial score (nSPS) is 16.3. The van der Waals surface area contributed by atoms with Gasteiger partial charge in [-0.2, -0.15) is 4.31 Å². The van der Waals surface area contributed by atoms with Crippen molar-refractivity contribution in [2.75, 3.05) is 26.7 Å². The second-order valence-corrected chi connectivity index (χ2v) is 8.74. The van der Waals surface area contributed by atoms with E-state index in [0.717, 1.165) is 24.9 Å². The maximum atomic E-state index is 12.7. The van der Waals surface area contributed by atoms with Crippen molar-refractivity contribution < 1.29 is 18.3 Å². The molecule has 0 unspecified atom stereocenters. The molecule has 1 heterocycles. The van der Waals surface area contributed by atoms with Gasteiger partial charge in [-0.25, -0.2) is 8.42 Å². The Kier molecular flexibility index (Phi) is 6.36. The van der Waals surface area contributed by atoms with E-state index >= 15 is 0 Å². The lowest BCUT2D eigenvalue weighted by Gasteiger charge is -2.31. The molecule has 2 aromatic rings. The molecule has 3 rings (SSSR count). The number of ether oxygens (including phenoxy) is 1. The van der Waals surface area contributed by atoms with Crippen LogP contribution in [0.3, 0.4) is 0 Å². The summed E-state index contributed by atoms with van der Waals surface area (Å²) < 4.78 is 31.9. The molecule has 0 spiro atoms. The number of aromatic hydroxyl groups is 1. The fourth-order valence-electron chi connectivity index (χ4n) is 3.36. The lowest BCUT2D eigenvalue weighted by Crippen LogP contribution is -2.40.